The van der Waals surface area contributed by atoms with E-state index in [1.54, 1.807) is 11.0 Å². The van der Waals surface area contributed by atoms with Crippen molar-refractivity contribution in [2.45, 2.75) is 26.4 Å². The van der Waals surface area contributed by atoms with Crippen LogP contribution in [0, 0.1) is 5.92 Å². The van der Waals surface area contributed by atoms with Gasteiger partial charge in [-0.15, -0.1) is 0 Å². The highest BCUT2D eigenvalue weighted by molar-refractivity contribution is 6.00. The number of amides is 1. The smallest absolute Gasteiger partial charge is 0.335 e. The number of carboxylic acids is 1. The number of carboxylic acid groups (broad SMARTS) is 1. The molecule has 114 valence electrons. The summed E-state index contributed by atoms with van der Waals surface area (Å²) in [6.45, 7) is 4.87. The quantitative estimate of drug-likeness (QED) is 0.825. The zero-order valence-corrected chi connectivity index (χ0v) is 12.2. The van der Waals surface area contributed by atoms with Crippen molar-refractivity contribution in [3.8, 4) is 0 Å². The van der Waals surface area contributed by atoms with Crippen LogP contribution in [0.1, 0.15) is 30.6 Å². The number of carbonyl (C=O) groups is 2. The lowest BCUT2D eigenvalue weighted by molar-refractivity contribution is -0.128. The molecule has 6 nitrogen and oxygen atoms in total. The van der Waals surface area contributed by atoms with Crippen molar-refractivity contribution in [1.82, 2.24) is 0 Å². The SMILES string of the molecule is CCN(C(=O)C1OCCC1C)c1ccc(C(=O)O)cc1N. The van der Waals surface area contributed by atoms with Gasteiger partial charge in [-0.05, 0) is 37.5 Å². The number of nitrogens with two attached hydrogens (primary N) is 1. The predicted molar refractivity (Wildman–Crippen MR) is 79.4 cm³/mol. The fourth-order valence-corrected chi connectivity index (χ4v) is 2.54. The van der Waals surface area contributed by atoms with Gasteiger partial charge in [-0.3, -0.25) is 4.79 Å². The van der Waals surface area contributed by atoms with E-state index in [4.69, 9.17) is 15.6 Å². The molecule has 21 heavy (non-hydrogen) atoms. The van der Waals surface area contributed by atoms with E-state index < -0.39 is 12.1 Å². The normalized spacial score (nSPS) is 21.2. The van der Waals surface area contributed by atoms with Crippen molar-refractivity contribution in [2.75, 3.05) is 23.8 Å². The molecule has 1 heterocycles. The van der Waals surface area contributed by atoms with Gasteiger partial charge in [-0.1, -0.05) is 6.92 Å². The summed E-state index contributed by atoms with van der Waals surface area (Å²) in [4.78, 5) is 25.1. The first-order valence-electron chi connectivity index (χ1n) is 7.01. The van der Waals surface area contributed by atoms with Crippen LogP contribution in [0.2, 0.25) is 0 Å². The molecule has 1 aliphatic heterocycles. The Hall–Kier alpha value is -2.08. The molecular weight excluding hydrogens is 272 g/mol. The first-order valence-corrected chi connectivity index (χ1v) is 7.01. The summed E-state index contributed by atoms with van der Waals surface area (Å²) in [5, 5.41) is 8.96. The number of anilines is 2. The topological polar surface area (TPSA) is 92.9 Å². The minimum atomic E-state index is -1.05. The van der Waals surface area contributed by atoms with Crippen molar-refractivity contribution in [3.05, 3.63) is 23.8 Å². The molecule has 0 aliphatic carbocycles. The first kappa shape index (κ1) is 15.3. The van der Waals surface area contributed by atoms with Gasteiger partial charge in [0.05, 0.1) is 16.9 Å². The summed E-state index contributed by atoms with van der Waals surface area (Å²) >= 11 is 0. The van der Waals surface area contributed by atoms with Crippen molar-refractivity contribution in [1.29, 1.82) is 0 Å². The number of carbonyl (C=O) groups excluding carboxylic acids is 1. The molecule has 0 radical (unpaired) electrons. The number of ether oxygens (including phenoxy) is 1. The van der Waals surface area contributed by atoms with E-state index in [2.05, 4.69) is 0 Å². The molecule has 0 saturated carbocycles. The third kappa shape index (κ3) is 3.00. The minimum Gasteiger partial charge on any atom is -0.478 e. The van der Waals surface area contributed by atoms with Crippen LogP contribution in [0.15, 0.2) is 18.2 Å². The van der Waals surface area contributed by atoms with Crippen LogP contribution >= 0.6 is 0 Å². The summed E-state index contributed by atoms with van der Waals surface area (Å²) in [5.74, 6) is -1.00. The molecule has 0 spiro atoms. The van der Waals surface area contributed by atoms with Gasteiger partial charge < -0.3 is 20.5 Å². The Bertz CT molecular complexity index is 559. The van der Waals surface area contributed by atoms with Crippen molar-refractivity contribution >= 4 is 23.3 Å². The van der Waals surface area contributed by atoms with Crippen LogP contribution in [0.4, 0.5) is 11.4 Å². The molecule has 1 fully saturated rings. The summed E-state index contributed by atoms with van der Waals surface area (Å²) in [6, 6.07) is 4.38. The number of hydrogen-bond donors (Lipinski definition) is 2. The second kappa shape index (κ2) is 6.13. The molecule has 6 heteroatoms. The van der Waals surface area contributed by atoms with Crippen molar-refractivity contribution < 1.29 is 19.4 Å². The first-order chi connectivity index (χ1) is 9.95. The van der Waals surface area contributed by atoms with Gasteiger partial charge in [0.15, 0.2) is 0 Å². The lowest BCUT2D eigenvalue weighted by atomic mass is 10.0. The summed E-state index contributed by atoms with van der Waals surface area (Å²) < 4.78 is 5.51. The summed E-state index contributed by atoms with van der Waals surface area (Å²) in [5.41, 5.74) is 6.81. The van der Waals surface area contributed by atoms with Gasteiger partial charge in [-0.2, -0.15) is 0 Å². The number of nitrogens with zero attached hydrogens (tertiary/aromatic N) is 1. The van der Waals surface area contributed by atoms with E-state index in [9.17, 15) is 9.59 Å². The molecule has 2 unspecified atom stereocenters. The third-order valence-corrected chi connectivity index (χ3v) is 3.78. The number of rotatable bonds is 4. The molecule has 1 saturated heterocycles. The number of nitrogen functional groups attached to an aromatic ring is 1. The molecule has 1 aromatic carbocycles. The zero-order valence-electron chi connectivity index (χ0n) is 12.2. The molecule has 1 aliphatic rings. The molecule has 3 N–H and O–H groups in total. The average Bonchev–Trinajstić information content (AvgIpc) is 2.87. The maximum absolute atomic E-state index is 12.6. The third-order valence-electron chi connectivity index (χ3n) is 3.78. The van der Waals surface area contributed by atoms with Gasteiger partial charge in [0.2, 0.25) is 0 Å². The fraction of sp³-hybridized carbons (Fsp3) is 0.467. The minimum absolute atomic E-state index is 0.102. The van der Waals surface area contributed by atoms with Crippen LogP contribution < -0.4 is 10.6 Å². The Morgan fingerprint density at radius 1 is 1.48 bits per heavy atom. The van der Waals surface area contributed by atoms with E-state index in [1.807, 2.05) is 13.8 Å². The predicted octanol–water partition coefficient (Wildman–Crippen LogP) is 1.74. The molecule has 1 amide bonds. The van der Waals surface area contributed by atoms with E-state index in [0.29, 0.717) is 18.8 Å². The Balaban J connectivity index is 2.29. The molecule has 1 aromatic rings. The highest BCUT2D eigenvalue weighted by Crippen LogP contribution is 2.28. The standard InChI is InChI=1S/C15H20N2O4/c1-3-17(14(18)13-9(2)6-7-21-13)12-5-4-10(15(19)20)8-11(12)16/h4-5,8-9,13H,3,6-7,16H2,1-2H3,(H,19,20). The van der Waals surface area contributed by atoms with E-state index in [0.717, 1.165) is 6.42 Å². The monoisotopic (exact) mass is 292 g/mol. The Kier molecular flexibility index (Phi) is 4.47. The number of hydrogen-bond acceptors (Lipinski definition) is 4. The van der Waals surface area contributed by atoms with Gasteiger partial charge in [0.25, 0.3) is 5.91 Å². The molecule has 0 bridgehead atoms. The molecule has 2 rings (SSSR count). The van der Waals surface area contributed by atoms with E-state index >= 15 is 0 Å². The van der Waals surface area contributed by atoms with Crippen LogP contribution in [0.5, 0.6) is 0 Å². The molecular formula is C15H20N2O4. The summed E-state index contributed by atoms with van der Waals surface area (Å²) in [7, 11) is 0. The van der Waals surface area contributed by atoms with Crippen LogP contribution in [-0.2, 0) is 9.53 Å². The Labute approximate surface area is 123 Å². The fourth-order valence-electron chi connectivity index (χ4n) is 2.54. The van der Waals surface area contributed by atoms with Gasteiger partial charge >= 0.3 is 5.97 Å². The summed E-state index contributed by atoms with van der Waals surface area (Å²) in [6.07, 6.45) is 0.407. The molecule has 2 atom stereocenters. The largest absolute Gasteiger partial charge is 0.478 e. The Morgan fingerprint density at radius 3 is 2.67 bits per heavy atom. The average molecular weight is 292 g/mol. The van der Waals surface area contributed by atoms with Crippen molar-refractivity contribution in [2.24, 2.45) is 5.92 Å². The zero-order chi connectivity index (χ0) is 15.6. The second-order valence-electron chi connectivity index (χ2n) is 5.22. The lowest BCUT2D eigenvalue weighted by Crippen LogP contribution is -2.41. The molecule has 0 aromatic heterocycles. The van der Waals surface area contributed by atoms with E-state index in [-0.39, 0.29) is 23.1 Å². The van der Waals surface area contributed by atoms with Gasteiger partial charge in [0, 0.05) is 13.2 Å². The lowest BCUT2D eigenvalue weighted by Gasteiger charge is -2.26. The van der Waals surface area contributed by atoms with Crippen LogP contribution in [0.25, 0.3) is 0 Å². The number of benzene rings is 1. The van der Waals surface area contributed by atoms with Crippen molar-refractivity contribution in [3.63, 3.8) is 0 Å². The Morgan fingerprint density at radius 2 is 2.19 bits per heavy atom. The number of aromatic carboxylic acids is 1. The van der Waals surface area contributed by atoms with Crippen LogP contribution in [-0.4, -0.2) is 36.2 Å². The maximum atomic E-state index is 12.6. The maximum Gasteiger partial charge on any atom is 0.335 e. The van der Waals surface area contributed by atoms with Crippen LogP contribution in [0.3, 0.4) is 0 Å². The highest BCUT2D eigenvalue weighted by Gasteiger charge is 2.34. The van der Waals surface area contributed by atoms with E-state index in [1.165, 1.54) is 12.1 Å². The van der Waals surface area contributed by atoms with Gasteiger partial charge in [0.1, 0.15) is 6.10 Å². The van der Waals surface area contributed by atoms with Gasteiger partial charge in [-0.25, -0.2) is 4.79 Å². The number of likely N-dealkylation sites (N-methyl/N-ethyl adjacent to an activating group) is 1. The highest BCUT2D eigenvalue weighted by atomic mass is 16.5. The second-order valence-corrected chi connectivity index (χ2v) is 5.22.